The molecule has 3 aromatic rings. The lowest BCUT2D eigenvalue weighted by Gasteiger charge is -2.28. The molecule has 0 saturated heterocycles. The van der Waals surface area contributed by atoms with Gasteiger partial charge in [-0.25, -0.2) is 4.79 Å². The lowest BCUT2D eigenvalue weighted by atomic mass is 10.00. The van der Waals surface area contributed by atoms with E-state index in [4.69, 9.17) is 0 Å². The number of fused-ring (bicyclic) bond motifs is 1. The maximum atomic E-state index is 12.4. The van der Waals surface area contributed by atoms with Crippen LogP contribution in [0.3, 0.4) is 0 Å². The Hall–Kier alpha value is -3.16. The summed E-state index contributed by atoms with van der Waals surface area (Å²) in [6, 6.07) is 21.0. The molecule has 0 aliphatic carbocycles. The molecule has 0 unspecified atom stereocenters. The summed E-state index contributed by atoms with van der Waals surface area (Å²) in [5.74, 6) is -0.106. The van der Waals surface area contributed by atoms with E-state index >= 15 is 0 Å². The monoisotopic (exact) mass is 434 g/mol. The fourth-order valence-electron chi connectivity index (χ4n) is 3.66. The average molecular weight is 435 g/mol. The Bertz CT molecular complexity index is 1030. The Morgan fingerprint density at radius 2 is 1.68 bits per heavy atom. The highest BCUT2D eigenvalue weighted by Crippen LogP contribution is 2.22. The third kappa shape index (κ3) is 5.93. The van der Waals surface area contributed by atoms with Crippen molar-refractivity contribution in [2.75, 3.05) is 30.3 Å². The van der Waals surface area contributed by atoms with Crippen molar-refractivity contribution < 1.29 is 9.59 Å². The fourth-order valence-corrected chi connectivity index (χ4v) is 4.48. The van der Waals surface area contributed by atoms with Gasteiger partial charge in [0.15, 0.2) is 0 Å². The molecule has 1 aromatic heterocycles. The second-order valence-corrected chi connectivity index (χ2v) is 8.60. The first kappa shape index (κ1) is 21.1. The summed E-state index contributed by atoms with van der Waals surface area (Å²) in [7, 11) is 0. The van der Waals surface area contributed by atoms with Crippen molar-refractivity contribution in [3.63, 3.8) is 0 Å². The molecule has 0 atom stereocenters. The van der Waals surface area contributed by atoms with Gasteiger partial charge in [-0.3, -0.25) is 15.0 Å². The molecular weight excluding hydrogens is 408 g/mol. The molecule has 7 heteroatoms. The van der Waals surface area contributed by atoms with Gasteiger partial charge in [0, 0.05) is 31.9 Å². The second kappa shape index (κ2) is 10.2. The molecule has 3 amide bonds. The molecule has 3 N–H and O–H groups in total. The summed E-state index contributed by atoms with van der Waals surface area (Å²) >= 11 is 1.26. The van der Waals surface area contributed by atoms with Crippen LogP contribution < -0.4 is 16.0 Å². The molecule has 0 bridgehead atoms. The topological polar surface area (TPSA) is 73.5 Å². The van der Waals surface area contributed by atoms with Crippen molar-refractivity contribution in [3.8, 4) is 0 Å². The number of thiophene rings is 1. The van der Waals surface area contributed by atoms with Crippen LogP contribution in [0.1, 0.15) is 27.2 Å². The Morgan fingerprint density at radius 3 is 2.52 bits per heavy atom. The minimum Gasteiger partial charge on any atom is -0.351 e. The lowest BCUT2D eigenvalue weighted by molar-refractivity contribution is 0.0955. The predicted octanol–water partition coefficient (Wildman–Crippen LogP) is 4.57. The number of nitrogens with one attached hydrogen (secondary N) is 3. The third-order valence-electron chi connectivity index (χ3n) is 5.24. The van der Waals surface area contributed by atoms with Crippen molar-refractivity contribution in [2.24, 2.45) is 0 Å². The van der Waals surface area contributed by atoms with Crippen LogP contribution in [-0.2, 0) is 13.0 Å². The molecule has 0 saturated carbocycles. The number of nitrogens with zero attached hydrogens (tertiary/aromatic N) is 1. The molecule has 0 radical (unpaired) electrons. The molecule has 160 valence electrons. The van der Waals surface area contributed by atoms with Crippen molar-refractivity contribution >= 4 is 34.0 Å². The van der Waals surface area contributed by atoms with Crippen LogP contribution in [0, 0.1) is 0 Å². The highest BCUT2D eigenvalue weighted by molar-refractivity contribution is 7.18. The van der Waals surface area contributed by atoms with Gasteiger partial charge in [0.1, 0.15) is 0 Å². The number of hydrogen-bond donors (Lipinski definition) is 3. The SMILES string of the molecule is O=C(Nc1ccccc1)Nc1ccc(C(=O)NCCCN2CCc3ccccc3C2)s1. The average Bonchev–Trinajstić information content (AvgIpc) is 3.25. The lowest BCUT2D eigenvalue weighted by Crippen LogP contribution is -2.33. The van der Waals surface area contributed by atoms with Gasteiger partial charge in [0.25, 0.3) is 5.91 Å². The normalized spacial score (nSPS) is 13.3. The largest absolute Gasteiger partial charge is 0.351 e. The van der Waals surface area contributed by atoms with E-state index < -0.39 is 0 Å². The number of carbonyl (C=O) groups is 2. The van der Waals surface area contributed by atoms with E-state index in [1.165, 1.54) is 22.5 Å². The van der Waals surface area contributed by atoms with Crippen molar-refractivity contribution in [2.45, 2.75) is 19.4 Å². The van der Waals surface area contributed by atoms with E-state index in [-0.39, 0.29) is 11.9 Å². The van der Waals surface area contributed by atoms with Gasteiger partial charge in [-0.2, -0.15) is 0 Å². The van der Waals surface area contributed by atoms with Crippen molar-refractivity contribution in [1.29, 1.82) is 0 Å². The summed E-state index contributed by atoms with van der Waals surface area (Å²) in [4.78, 5) is 27.5. The zero-order valence-corrected chi connectivity index (χ0v) is 18.1. The van der Waals surface area contributed by atoms with Gasteiger partial charge >= 0.3 is 6.03 Å². The Kier molecular flexibility index (Phi) is 6.96. The first-order valence-corrected chi connectivity index (χ1v) is 11.3. The summed E-state index contributed by atoms with van der Waals surface area (Å²) in [6.45, 7) is 3.64. The van der Waals surface area contributed by atoms with Gasteiger partial charge in [-0.1, -0.05) is 42.5 Å². The maximum absolute atomic E-state index is 12.4. The minimum atomic E-state index is -0.330. The first-order chi connectivity index (χ1) is 15.2. The van der Waals surface area contributed by atoms with Crippen LogP contribution in [0.25, 0.3) is 0 Å². The number of amides is 3. The summed E-state index contributed by atoms with van der Waals surface area (Å²) in [5.41, 5.74) is 3.58. The number of rotatable bonds is 7. The molecule has 0 fully saturated rings. The number of hydrogen-bond acceptors (Lipinski definition) is 4. The molecule has 0 spiro atoms. The standard InChI is InChI=1S/C24H26N4O2S/c29-23(25-14-6-15-28-16-13-18-7-4-5-8-19(18)17-28)21-11-12-22(31-21)27-24(30)26-20-9-2-1-3-10-20/h1-5,7-12H,6,13-17H2,(H,25,29)(H2,26,27,30). The first-order valence-electron chi connectivity index (χ1n) is 10.5. The van der Waals surface area contributed by atoms with Crippen LogP contribution >= 0.6 is 11.3 Å². The second-order valence-electron chi connectivity index (χ2n) is 7.51. The van der Waals surface area contributed by atoms with E-state index in [0.29, 0.717) is 22.1 Å². The van der Waals surface area contributed by atoms with Crippen LogP contribution in [0.4, 0.5) is 15.5 Å². The fraction of sp³-hybridized carbons (Fsp3) is 0.250. The quantitative estimate of drug-likeness (QED) is 0.477. The van der Waals surface area contributed by atoms with E-state index in [0.717, 1.165) is 32.5 Å². The van der Waals surface area contributed by atoms with Gasteiger partial charge in [0.05, 0.1) is 9.88 Å². The molecule has 4 rings (SSSR count). The van der Waals surface area contributed by atoms with Crippen LogP contribution in [-0.4, -0.2) is 36.5 Å². The van der Waals surface area contributed by atoms with E-state index in [1.54, 1.807) is 12.1 Å². The highest BCUT2D eigenvalue weighted by atomic mass is 32.1. The molecule has 6 nitrogen and oxygen atoms in total. The Balaban J connectivity index is 1.18. The highest BCUT2D eigenvalue weighted by Gasteiger charge is 2.15. The Morgan fingerprint density at radius 1 is 0.903 bits per heavy atom. The minimum absolute atomic E-state index is 0.106. The van der Waals surface area contributed by atoms with Crippen molar-refractivity contribution in [3.05, 3.63) is 82.7 Å². The number of carbonyl (C=O) groups excluding carboxylic acids is 2. The summed E-state index contributed by atoms with van der Waals surface area (Å²) < 4.78 is 0. The zero-order chi connectivity index (χ0) is 21.5. The van der Waals surface area contributed by atoms with Gasteiger partial charge in [0.2, 0.25) is 0 Å². The maximum Gasteiger partial charge on any atom is 0.324 e. The number of benzene rings is 2. The summed E-state index contributed by atoms with van der Waals surface area (Å²) in [6.07, 6.45) is 2.00. The van der Waals surface area contributed by atoms with Crippen LogP contribution in [0.5, 0.6) is 0 Å². The molecular formula is C24H26N4O2S. The molecule has 2 heterocycles. The zero-order valence-electron chi connectivity index (χ0n) is 17.3. The number of urea groups is 1. The number of para-hydroxylation sites is 1. The van der Waals surface area contributed by atoms with Gasteiger partial charge in [-0.05, 0) is 48.2 Å². The van der Waals surface area contributed by atoms with Crippen LogP contribution in [0.15, 0.2) is 66.7 Å². The van der Waals surface area contributed by atoms with Crippen LogP contribution in [0.2, 0.25) is 0 Å². The van der Waals surface area contributed by atoms with E-state index in [1.807, 2.05) is 30.3 Å². The van der Waals surface area contributed by atoms with Gasteiger partial charge < -0.3 is 10.6 Å². The molecule has 2 aromatic carbocycles. The summed E-state index contributed by atoms with van der Waals surface area (Å²) in [5, 5.41) is 9.14. The molecule has 31 heavy (non-hydrogen) atoms. The van der Waals surface area contributed by atoms with Gasteiger partial charge in [-0.15, -0.1) is 11.3 Å². The smallest absolute Gasteiger partial charge is 0.324 e. The third-order valence-corrected chi connectivity index (χ3v) is 6.24. The Labute approximate surface area is 186 Å². The van der Waals surface area contributed by atoms with E-state index in [2.05, 4.69) is 45.1 Å². The molecule has 1 aliphatic heterocycles. The van der Waals surface area contributed by atoms with Crippen molar-refractivity contribution in [1.82, 2.24) is 10.2 Å². The predicted molar refractivity (Wildman–Crippen MR) is 126 cm³/mol. The molecule has 1 aliphatic rings. The number of anilines is 2. The van der Waals surface area contributed by atoms with E-state index in [9.17, 15) is 9.59 Å².